The number of rotatable bonds is 9. The number of pyridine rings is 1. The van der Waals surface area contributed by atoms with Crippen LogP contribution in [0.3, 0.4) is 0 Å². The van der Waals surface area contributed by atoms with Crippen LogP contribution in [0.1, 0.15) is 12.0 Å². The average molecular weight is 560 g/mol. The molecule has 41 heavy (non-hydrogen) atoms. The zero-order valence-electron chi connectivity index (χ0n) is 22.1. The number of ether oxygens (including phenoxy) is 3. The minimum atomic E-state index is -0.925. The molecule has 0 radical (unpaired) electrons. The van der Waals surface area contributed by atoms with Crippen molar-refractivity contribution in [3.05, 3.63) is 66.2 Å². The molecule has 0 spiro atoms. The zero-order chi connectivity index (χ0) is 28.3. The van der Waals surface area contributed by atoms with Crippen molar-refractivity contribution >= 4 is 29.7 Å². The Morgan fingerprint density at radius 2 is 1.88 bits per heavy atom. The predicted molar refractivity (Wildman–Crippen MR) is 148 cm³/mol. The molecule has 0 saturated carbocycles. The summed E-state index contributed by atoms with van der Waals surface area (Å²) in [6.07, 6.45) is -1.18. The first-order chi connectivity index (χ1) is 19.9. The molecule has 4 heterocycles. The molecule has 1 unspecified atom stereocenters. The maximum atomic E-state index is 12.5. The molecule has 3 N–H and O–H groups in total. The number of hydrogen-bond donors (Lipinski definition) is 3. The lowest BCUT2D eigenvalue weighted by Crippen LogP contribution is -2.55. The van der Waals surface area contributed by atoms with Crippen LogP contribution in [0, 0.1) is 0 Å². The number of fused-ring (bicyclic) bond motifs is 1. The van der Waals surface area contributed by atoms with Gasteiger partial charge < -0.3 is 34.9 Å². The maximum absolute atomic E-state index is 12.5. The third kappa shape index (κ3) is 6.02. The predicted octanol–water partition coefficient (Wildman–Crippen LogP) is 3.33. The number of carboxylic acid groups (broad SMARTS) is 1. The number of anilines is 2. The first kappa shape index (κ1) is 26.4. The van der Waals surface area contributed by atoms with E-state index < -0.39 is 12.2 Å². The second-order valence-electron chi connectivity index (χ2n) is 10.1. The molecule has 0 aliphatic carbocycles. The van der Waals surface area contributed by atoms with Gasteiger partial charge in [-0.3, -0.25) is 9.69 Å². The monoisotopic (exact) mass is 559 g/mol. The summed E-state index contributed by atoms with van der Waals surface area (Å²) in [5, 5.41) is 15.1. The Labute approximate surface area is 235 Å². The molecule has 0 bridgehead atoms. The van der Waals surface area contributed by atoms with Crippen molar-refractivity contribution in [2.45, 2.75) is 25.2 Å². The number of nitrogens with zero attached hydrogens (tertiary/aromatic N) is 3. The van der Waals surface area contributed by atoms with Crippen LogP contribution in [0.25, 0.3) is 11.1 Å². The molecule has 12 heteroatoms. The summed E-state index contributed by atoms with van der Waals surface area (Å²) in [6.45, 7) is 2.35. The van der Waals surface area contributed by atoms with Crippen LogP contribution in [0.5, 0.6) is 11.5 Å². The number of aromatic nitrogens is 1. The van der Waals surface area contributed by atoms with Crippen molar-refractivity contribution in [2.75, 3.05) is 43.0 Å². The summed E-state index contributed by atoms with van der Waals surface area (Å²) < 4.78 is 16.8. The Bertz CT molecular complexity index is 1480. The fourth-order valence-electron chi connectivity index (χ4n) is 4.93. The number of nitrogens with one attached hydrogen (secondary N) is 2. The van der Waals surface area contributed by atoms with Crippen molar-refractivity contribution < 1.29 is 33.7 Å². The summed E-state index contributed by atoms with van der Waals surface area (Å²) in [7, 11) is 0. The van der Waals surface area contributed by atoms with Crippen LogP contribution in [-0.2, 0) is 16.1 Å². The highest BCUT2D eigenvalue weighted by molar-refractivity contribution is 5.95. The molecular weight excluding hydrogens is 530 g/mol. The quantitative estimate of drug-likeness (QED) is 0.337. The van der Waals surface area contributed by atoms with Crippen LogP contribution in [0.2, 0.25) is 0 Å². The standard InChI is InChI=1S/C29H29N5O7/c35-26-17-39-24-7-8-25(31-27(24)32-26)34-16-22(41-29(34)38)9-10-30-13-18-3-1-4-19(11-18)20-5-2-6-21(12-20)40-23-14-33(15-23)28(36)37/h1-8,11-12,22-23,30H,9-10,13-17H2,(H,36,37)(H,31,32,35). The van der Waals surface area contributed by atoms with Crippen LogP contribution in [0.15, 0.2) is 60.7 Å². The van der Waals surface area contributed by atoms with E-state index in [0.717, 1.165) is 16.7 Å². The Hall–Kier alpha value is -4.84. The summed E-state index contributed by atoms with van der Waals surface area (Å²) in [6, 6.07) is 19.4. The number of amides is 3. The molecule has 3 aliphatic rings. The van der Waals surface area contributed by atoms with Gasteiger partial charge in [-0.25, -0.2) is 14.6 Å². The van der Waals surface area contributed by atoms with E-state index in [4.69, 9.17) is 19.3 Å². The van der Waals surface area contributed by atoms with Gasteiger partial charge in [0.15, 0.2) is 18.2 Å². The van der Waals surface area contributed by atoms with Gasteiger partial charge in [-0.2, -0.15) is 0 Å². The minimum Gasteiger partial charge on any atom is -0.487 e. The van der Waals surface area contributed by atoms with Crippen molar-refractivity contribution in [2.24, 2.45) is 0 Å². The van der Waals surface area contributed by atoms with Gasteiger partial charge in [-0.1, -0.05) is 30.3 Å². The van der Waals surface area contributed by atoms with Crippen molar-refractivity contribution in [1.82, 2.24) is 15.2 Å². The third-order valence-electron chi connectivity index (χ3n) is 7.10. The van der Waals surface area contributed by atoms with E-state index in [0.29, 0.717) is 62.3 Å². The van der Waals surface area contributed by atoms with Crippen molar-refractivity contribution in [3.63, 3.8) is 0 Å². The van der Waals surface area contributed by atoms with Crippen LogP contribution < -0.4 is 25.0 Å². The van der Waals surface area contributed by atoms with Gasteiger partial charge in [0.2, 0.25) is 0 Å². The lowest BCUT2D eigenvalue weighted by Gasteiger charge is -2.36. The van der Waals surface area contributed by atoms with E-state index in [9.17, 15) is 14.4 Å². The largest absolute Gasteiger partial charge is 0.487 e. The Morgan fingerprint density at radius 1 is 1.07 bits per heavy atom. The molecular formula is C29H29N5O7. The van der Waals surface area contributed by atoms with Gasteiger partial charge in [-0.05, 0) is 60.0 Å². The van der Waals surface area contributed by atoms with E-state index >= 15 is 0 Å². The third-order valence-corrected chi connectivity index (χ3v) is 7.10. The maximum Gasteiger partial charge on any atom is 0.415 e. The van der Waals surface area contributed by atoms with Gasteiger partial charge in [0, 0.05) is 6.54 Å². The van der Waals surface area contributed by atoms with Gasteiger partial charge in [0.1, 0.15) is 23.8 Å². The number of carbonyl (C=O) groups is 3. The van der Waals surface area contributed by atoms with Gasteiger partial charge in [0.25, 0.3) is 5.91 Å². The fourth-order valence-corrected chi connectivity index (χ4v) is 4.93. The fraction of sp³-hybridized carbons (Fsp3) is 0.310. The molecule has 6 rings (SSSR count). The number of hydrogen-bond acceptors (Lipinski definition) is 8. The number of benzene rings is 2. The molecule has 2 saturated heterocycles. The van der Waals surface area contributed by atoms with Gasteiger partial charge in [0.05, 0.1) is 19.6 Å². The molecule has 212 valence electrons. The molecule has 2 fully saturated rings. The van der Waals surface area contributed by atoms with Crippen LogP contribution in [-0.4, -0.2) is 78.1 Å². The van der Waals surface area contributed by atoms with Crippen LogP contribution >= 0.6 is 0 Å². The Morgan fingerprint density at radius 3 is 2.71 bits per heavy atom. The van der Waals surface area contributed by atoms with E-state index in [2.05, 4.69) is 21.7 Å². The lowest BCUT2D eigenvalue weighted by atomic mass is 10.0. The van der Waals surface area contributed by atoms with E-state index in [1.54, 1.807) is 12.1 Å². The first-order valence-electron chi connectivity index (χ1n) is 13.4. The summed E-state index contributed by atoms with van der Waals surface area (Å²) in [4.78, 5) is 42.2. The lowest BCUT2D eigenvalue weighted by molar-refractivity contribution is -0.118. The summed E-state index contributed by atoms with van der Waals surface area (Å²) >= 11 is 0. The highest BCUT2D eigenvalue weighted by Crippen LogP contribution is 2.30. The highest BCUT2D eigenvalue weighted by atomic mass is 16.6. The second kappa shape index (κ2) is 11.3. The molecule has 2 aromatic carbocycles. The van der Waals surface area contributed by atoms with E-state index in [-0.39, 0.29) is 24.7 Å². The van der Waals surface area contributed by atoms with Crippen molar-refractivity contribution in [3.8, 4) is 22.6 Å². The van der Waals surface area contributed by atoms with Crippen LogP contribution in [0.4, 0.5) is 21.2 Å². The molecule has 3 aliphatic heterocycles. The molecule has 3 aromatic rings. The summed E-state index contributed by atoms with van der Waals surface area (Å²) in [5.41, 5.74) is 3.17. The minimum absolute atomic E-state index is 0.0572. The number of likely N-dealkylation sites (tertiary alicyclic amines) is 1. The van der Waals surface area contributed by atoms with Crippen molar-refractivity contribution in [1.29, 1.82) is 0 Å². The number of carbonyl (C=O) groups excluding carboxylic acids is 2. The van der Waals surface area contributed by atoms with Gasteiger partial charge in [-0.15, -0.1) is 0 Å². The first-order valence-corrected chi connectivity index (χ1v) is 13.4. The summed E-state index contributed by atoms with van der Waals surface area (Å²) in [5.74, 6) is 1.59. The van der Waals surface area contributed by atoms with E-state index in [1.807, 2.05) is 42.5 Å². The second-order valence-corrected chi connectivity index (χ2v) is 10.1. The molecule has 1 aromatic heterocycles. The average Bonchev–Trinajstić information content (AvgIpc) is 3.32. The molecule has 12 nitrogen and oxygen atoms in total. The zero-order valence-corrected chi connectivity index (χ0v) is 22.1. The van der Waals surface area contributed by atoms with E-state index in [1.165, 1.54) is 9.80 Å². The topological polar surface area (TPSA) is 143 Å². The Balaban J connectivity index is 0.986. The Kier molecular flexibility index (Phi) is 7.30. The normalized spacial score (nSPS) is 18.2. The SMILES string of the molecule is O=C1COc2ccc(N3CC(CCNCc4cccc(-c5cccc(OC6CN(C(=O)O)C6)c5)c4)OC3=O)nc2N1. The number of cyclic esters (lactones) is 1. The van der Waals surface area contributed by atoms with Gasteiger partial charge >= 0.3 is 12.2 Å². The smallest absolute Gasteiger partial charge is 0.415 e. The highest BCUT2D eigenvalue weighted by Gasteiger charge is 2.34. The molecule has 1 atom stereocenters. The molecule has 3 amide bonds.